The molecule has 2 aromatic carbocycles. The van der Waals surface area contributed by atoms with Crippen molar-refractivity contribution in [3.8, 4) is 17.2 Å². The van der Waals surface area contributed by atoms with E-state index in [0.717, 1.165) is 5.56 Å². The van der Waals surface area contributed by atoms with Crippen molar-refractivity contribution in [1.29, 1.82) is 0 Å². The standard InChI is InChI=1S/C20H23NO6/c1-24-16-11-14(12-17(25-2)18(16)26-3)19(22)21-15(20(23)27-4)10-13-8-6-5-7-9-13/h5-9,11-12,15H,10H2,1-4H3,(H,21,22)/t15-/m1/s1. The third kappa shape index (κ3) is 4.91. The van der Waals surface area contributed by atoms with E-state index < -0.39 is 17.9 Å². The molecule has 0 saturated heterocycles. The van der Waals surface area contributed by atoms with Gasteiger partial charge in [0, 0.05) is 12.0 Å². The molecule has 0 radical (unpaired) electrons. The molecule has 0 aliphatic heterocycles. The Morgan fingerprint density at radius 1 is 0.926 bits per heavy atom. The van der Waals surface area contributed by atoms with E-state index >= 15 is 0 Å². The van der Waals surface area contributed by atoms with Gasteiger partial charge in [0.15, 0.2) is 11.5 Å². The third-order valence-electron chi connectivity index (χ3n) is 4.00. The van der Waals surface area contributed by atoms with Crippen LogP contribution >= 0.6 is 0 Å². The minimum atomic E-state index is -0.830. The number of ether oxygens (including phenoxy) is 4. The van der Waals surface area contributed by atoms with Crippen LogP contribution in [0.4, 0.5) is 0 Å². The van der Waals surface area contributed by atoms with Crippen LogP contribution in [0.5, 0.6) is 17.2 Å². The maximum Gasteiger partial charge on any atom is 0.328 e. The zero-order chi connectivity index (χ0) is 19.8. The number of carbonyl (C=O) groups excluding carboxylic acids is 2. The molecule has 0 spiro atoms. The quantitative estimate of drug-likeness (QED) is 0.715. The fourth-order valence-electron chi connectivity index (χ4n) is 2.64. The molecule has 7 nitrogen and oxygen atoms in total. The molecule has 1 atom stereocenters. The lowest BCUT2D eigenvalue weighted by molar-refractivity contribution is -0.142. The highest BCUT2D eigenvalue weighted by molar-refractivity contribution is 5.98. The Kier molecular flexibility index (Phi) is 7.05. The summed E-state index contributed by atoms with van der Waals surface area (Å²) in [4.78, 5) is 24.9. The fourth-order valence-corrected chi connectivity index (χ4v) is 2.64. The van der Waals surface area contributed by atoms with Gasteiger partial charge in [0.1, 0.15) is 6.04 Å². The smallest absolute Gasteiger partial charge is 0.328 e. The van der Waals surface area contributed by atoms with Gasteiger partial charge in [-0.25, -0.2) is 4.79 Å². The van der Waals surface area contributed by atoms with E-state index in [4.69, 9.17) is 18.9 Å². The van der Waals surface area contributed by atoms with Crippen LogP contribution in [0, 0.1) is 0 Å². The van der Waals surface area contributed by atoms with E-state index in [0.29, 0.717) is 23.7 Å². The Balaban J connectivity index is 2.27. The van der Waals surface area contributed by atoms with Crippen LogP contribution in [0.3, 0.4) is 0 Å². The summed E-state index contributed by atoms with van der Waals surface area (Å²) in [5.41, 5.74) is 1.17. The van der Waals surface area contributed by atoms with E-state index in [9.17, 15) is 9.59 Å². The molecule has 0 aliphatic carbocycles. The highest BCUT2D eigenvalue weighted by Crippen LogP contribution is 2.38. The highest BCUT2D eigenvalue weighted by Gasteiger charge is 2.24. The van der Waals surface area contributed by atoms with Crippen LogP contribution in [0.1, 0.15) is 15.9 Å². The Labute approximate surface area is 158 Å². The van der Waals surface area contributed by atoms with Crippen molar-refractivity contribution in [2.45, 2.75) is 12.5 Å². The lowest BCUT2D eigenvalue weighted by Crippen LogP contribution is -2.43. The average Bonchev–Trinajstić information content (AvgIpc) is 2.71. The summed E-state index contributed by atoms with van der Waals surface area (Å²) in [6, 6.07) is 11.6. The van der Waals surface area contributed by atoms with Crippen LogP contribution in [0.2, 0.25) is 0 Å². The van der Waals surface area contributed by atoms with Crippen molar-refractivity contribution in [3.05, 3.63) is 53.6 Å². The van der Waals surface area contributed by atoms with Gasteiger partial charge >= 0.3 is 5.97 Å². The van der Waals surface area contributed by atoms with Gasteiger partial charge in [-0.05, 0) is 17.7 Å². The zero-order valence-corrected chi connectivity index (χ0v) is 15.8. The van der Waals surface area contributed by atoms with Crippen LogP contribution < -0.4 is 19.5 Å². The molecule has 27 heavy (non-hydrogen) atoms. The first-order valence-corrected chi connectivity index (χ1v) is 8.26. The fraction of sp³-hybridized carbons (Fsp3) is 0.300. The van der Waals surface area contributed by atoms with Crippen molar-refractivity contribution in [2.75, 3.05) is 28.4 Å². The largest absolute Gasteiger partial charge is 0.493 e. The van der Waals surface area contributed by atoms with E-state index in [1.54, 1.807) is 0 Å². The predicted octanol–water partition coefficient (Wildman–Crippen LogP) is 2.23. The molecule has 7 heteroatoms. The molecular weight excluding hydrogens is 350 g/mol. The first-order valence-electron chi connectivity index (χ1n) is 8.26. The van der Waals surface area contributed by atoms with Gasteiger partial charge < -0.3 is 24.3 Å². The van der Waals surface area contributed by atoms with Gasteiger partial charge in [0.25, 0.3) is 5.91 Å². The second-order valence-corrected chi connectivity index (χ2v) is 5.65. The van der Waals surface area contributed by atoms with Crippen LogP contribution in [0.25, 0.3) is 0 Å². The molecule has 1 N–H and O–H groups in total. The molecular formula is C20H23NO6. The Hall–Kier alpha value is -3.22. The predicted molar refractivity (Wildman–Crippen MR) is 99.5 cm³/mol. The SMILES string of the molecule is COC(=O)[C@@H](Cc1ccccc1)NC(=O)c1cc(OC)c(OC)c(OC)c1. The van der Waals surface area contributed by atoms with Crippen molar-refractivity contribution in [2.24, 2.45) is 0 Å². The molecule has 0 unspecified atom stereocenters. The molecule has 1 amide bonds. The molecule has 0 saturated carbocycles. The Bertz CT molecular complexity index is 765. The molecule has 2 rings (SSSR count). The Morgan fingerprint density at radius 3 is 2.00 bits per heavy atom. The van der Waals surface area contributed by atoms with Crippen LogP contribution in [0.15, 0.2) is 42.5 Å². The summed E-state index contributed by atoms with van der Waals surface area (Å²) in [7, 11) is 5.69. The van der Waals surface area contributed by atoms with E-state index in [1.807, 2.05) is 30.3 Å². The van der Waals surface area contributed by atoms with Crippen molar-refractivity contribution in [1.82, 2.24) is 5.32 Å². The molecule has 0 bridgehead atoms. The first-order chi connectivity index (χ1) is 13.0. The second-order valence-electron chi connectivity index (χ2n) is 5.65. The number of hydrogen-bond acceptors (Lipinski definition) is 6. The molecule has 0 aromatic heterocycles. The van der Waals surface area contributed by atoms with Gasteiger partial charge in [0.05, 0.1) is 28.4 Å². The maximum absolute atomic E-state index is 12.7. The first kappa shape index (κ1) is 20.1. The molecule has 144 valence electrons. The number of amides is 1. The minimum Gasteiger partial charge on any atom is -0.493 e. The summed E-state index contributed by atoms with van der Waals surface area (Å²) in [6.07, 6.45) is 0.309. The number of nitrogens with one attached hydrogen (secondary N) is 1. The molecule has 0 heterocycles. The summed E-state index contributed by atoms with van der Waals surface area (Å²) in [6.45, 7) is 0. The van der Waals surface area contributed by atoms with Crippen LogP contribution in [-0.2, 0) is 16.0 Å². The maximum atomic E-state index is 12.7. The summed E-state index contributed by atoms with van der Waals surface area (Å²) in [5, 5.41) is 2.71. The number of carbonyl (C=O) groups is 2. The number of methoxy groups -OCH3 is 4. The second kappa shape index (κ2) is 9.47. The van der Waals surface area contributed by atoms with Gasteiger partial charge in [-0.1, -0.05) is 30.3 Å². The van der Waals surface area contributed by atoms with Gasteiger partial charge in [-0.2, -0.15) is 0 Å². The third-order valence-corrected chi connectivity index (χ3v) is 4.00. The van der Waals surface area contributed by atoms with E-state index in [2.05, 4.69) is 5.32 Å². The van der Waals surface area contributed by atoms with E-state index in [-0.39, 0.29) is 5.56 Å². The lowest BCUT2D eigenvalue weighted by atomic mass is 10.1. The number of hydrogen-bond donors (Lipinski definition) is 1. The molecule has 0 aliphatic rings. The normalized spacial score (nSPS) is 11.3. The summed E-state index contributed by atoms with van der Waals surface area (Å²) in [5.74, 6) is 0.0879. The Morgan fingerprint density at radius 2 is 1.52 bits per heavy atom. The topological polar surface area (TPSA) is 83.1 Å². The van der Waals surface area contributed by atoms with Gasteiger partial charge in [0.2, 0.25) is 5.75 Å². The minimum absolute atomic E-state index is 0.270. The summed E-state index contributed by atoms with van der Waals surface area (Å²) < 4.78 is 20.6. The molecule has 2 aromatic rings. The lowest BCUT2D eigenvalue weighted by Gasteiger charge is -2.18. The van der Waals surface area contributed by atoms with Crippen molar-refractivity contribution >= 4 is 11.9 Å². The van der Waals surface area contributed by atoms with E-state index in [1.165, 1.54) is 40.6 Å². The van der Waals surface area contributed by atoms with Gasteiger partial charge in [-0.15, -0.1) is 0 Å². The highest BCUT2D eigenvalue weighted by atomic mass is 16.5. The average molecular weight is 373 g/mol. The molecule has 0 fully saturated rings. The van der Waals surface area contributed by atoms with Gasteiger partial charge in [-0.3, -0.25) is 4.79 Å². The summed E-state index contributed by atoms with van der Waals surface area (Å²) >= 11 is 0. The number of benzene rings is 2. The number of esters is 1. The van der Waals surface area contributed by atoms with Crippen molar-refractivity contribution in [3.63, 3.8) is 0 Å². The van der Waals surface area contributed by atoms with Crippen LogP contribution in [-0.4, -0.2) is 46.4 Å². The van der Waals surface area contributed by atoms with Crippen molar-refractivity contribution < 1.29 is 28.5 Å². The monoisotopic (exact) mass is 373 g/mol. The number of rotatable bonds is 8. The zero-order valence-electron chi connectivity index (χ0n) is 15.8.